The third-order valence-corrected chi connectivity index (χ3v) is 6.18. The van der Waals surface area contributed by atoms with E-state index in [4.69, 9.17) is 4.42 Å². The lowest BCUT2D eigenvalue weighted by Crippen LogP contribution is -2.34. The molecule has 0 spiro atoms. The Morgan fingerprint density at radius 3 is 2.60 bits per heavy atom. The average Bonchev–Trinajstić information content (AvgIpc) is 3.46. The van der Waals surface area contributed by atoms with E-state index in [1.807, 2.05) is 73.7 Å². The first kappa shape index (κ1) is 20.6. The molecule has 0 amide bonds. The summed E-state index contributed by atoms with van der Waals surface area (Å²) in [5, 5.41) is 13.4. The fraction of sp³-hybridized carbons (Fsp3) is 0.0714. The van der Waals surface area contributed by atoms with Gasteiger partial charge in [-0.2, -0.15) is 5.26 Å². The molecule has 3 aromatic carbocycles. The molecule has 0 saturated carbocycles. The molecule has 6 rings (SSSR count). The summed E-state index contributed by atoms with van der Waals surface area (Å²) in [5.41, 5.74) is 6.64. The predicted molar refractivity (Wildman–Crippen MR) is 136 cm³/mol. The van der Waals surface area contributed by atoms with Crippen LogP contribution in [0.3, 0.4) is 0 Å². The molecule has 0 bridgehead atoms. The third kappa shape index (κ3) is 3.31. The predicted octanol–water partition coefficient (Wildman–Crippen LogP) is 4.71. The van der Waals surface area contributed by atoms with Gasteiger partial charge in [-0.3, -0.25) is 9.20 Å². The van der Waals surface area contributed by atoms with Crippen molar-refractivity contribution in [2.45, 2.75) is 13.8 Å². The van der Waals surface area contributed by atoms with Gasteiger partial charge in [-0.25, -0.2) is 9.97 Å². The summed E-state index contributed by atoms with van der Waals surface area (Å²) in [7, 11) is 0. The summed E-state index contributed by atoms with van der Waals surface area (Å²) < 4.78 is 7.42. The fourth-order valence-corrected chi connectivity index (χ4v) is 4.28. The summed E-state index contributed by atoms with van der Waals surface area (Å²) in [6, 6.07) is 23.1. The lowest BCUT2D eigenvalue weighted by atomic mass is 10.1. The molecule has 0 aliphatic heterocycles. The number of pyridine rings is 1. The molecule has 3 heterocycles. The Labute approximate surface area is 199 Å². The molecule has 0 radical (unpaired) electrons. The number of anilines is 1. The molecule has 7 heteroatoms. The average molecular weight is 457 g/mol. The normalized spacial score (nSPS) is 12.0. The van der Waals surface area contributed by atoms with E-state index in [1.165, 1.54) is 9.96 Å². The molecule has 1 N–H and O–H groups in total. The Kier molecular flexibility index (Phi) is 4.61. The number of para-hydroxylation sites is 2. The van der Waals surface area contributed by atoms with E-state index < -0.39 is 0 Å². The first-order valence-corrected chi connectivity index (χ1v) is 11.1. The Morgan fingerprint density at radius 2 is 1.80 bits per heavy atom. The van der Waals surface area contributed by atoms with Crippen LogP contribution in [0.4, 0.5) is 5.69 Å². The molecule has 7 nitrogen and oxygen atoms in total. The van der Waals surface area contributed by atoms with Gasteiger partial charge in [-0.1, -0.05) is 29.8 Å². The highest BCUT2D eigenvalue weighted by Gasteiger charge is 2.16. The molecular weight excluding hydrogens is 438 g/mol. The second kappa shape index (κ2) is 7.82. The molecule has 0 fully saturated rings. The van der Waals surface area contributed by atoms with Crippen LogP contribution in [0.2, 0.25) is 0 Å². The van der Waals surface area contributed by atoms with Crippen LogP contribution in [0.1, 0.15) is 16.7 Å². The lowest BCUT2D eigenvalue weighted by molar-refractivity contribution is 0.620. The van der Waals surface area contributed by atoms with Crippen molar-refractivity contribution in [3.63, 3.8) is 0 Å². The molecule has 0 aliphatic carbocycles. The van der Waals surface area contributed by atoms with Crippen LogP contribution in [0, 0.1) is 25.2 Å². The SMILES string of the molecule is Cc1ccc(-c2nc3cc(NC=c4c(C)c(C#N)c5nc6ccccc6n5c4=O)ccc3o2)cc1. The number of oxazole rings is 1. The number of aromatic nitrogens is 3. The summed E-state index contributed by atoms with van der Waals surface area (Å²) in [6.07, 6.45) is 1.63. The molecule has 0 saturated heterocycles. The van der Waals surface area contributed by atoms with Crippen LogP contribution in [0.5, 0.6) is 0 Å². The quantitative estimate of drug-likeness (QED) is 0.413. The van der Waals surface area contributed by atoms with E-state index in [-0.39, 0.29) is 5.56 Å². The zero-order valence-electron chi connectivity index (χ0n) is 19.0. The van der Waals surface area contributed by atoms with Gasteiger partial charge in [-0.05, 0) is 61.9 Å². The standard InChI is InChI=1S/C28H19N5O2/c1-16-7-9-18(10-8-16)27-32-23-13-19(11-12-25(23)35-27)30-15-21-17(2)20(14-29)26-31-22-5-3-4-6-24(22)33(26)28(21)34/h3-13,15,30H,1-2H3. The Bertz CT molecular complexity index is 1930. The van der Waals surface area contributed by atoms with E-state index in [9.17, 15) is 10.1 Å². The Balaban J connectivity index is 1.44. The van der Waals surface area contributed by atoms with Gasteiger partial charge < -0.3 is 9.73 Å². The van der Waals surface area contributed by atoms with Crippen LogP contribution in [-0.2, 0) is 0 Å². The molecular formula is C28H19N5O2. The van der Waals surface area contributed by atoms with E-state index >= 15 is 0 Å². The first-order chi connectivity index (χ1) is 17.0. The topological polar surface area (TPSA) is 96.2 Å². The number of aryl methyl sites for hydroxylation is 1. The minimum atomic E-state index is -0.234. The number of rotatable bonds is 3. The number of fused-ring (bicyclic) bond motifs is 4. The lowest BCUT2D eigenvalue weighted by Gasteiger charge is -2.04. The van der Waals surface area contributed by atoms with Crippen molar-refractivity contribution >= 4 is 39.7 Å². The van der Waals surface area contributed by atoms with Gasteiger partial charge in [-0.15, -0.1) is 0 Å². The number of benzene rings is 3. The van der Waals surface area contributed by atoms with Gasteiger partial charge in [0.2, 0.25) is 5.89 Å². The van der Waals surface area contributed by atoms with Crippen molar-refractivity contribution in [2.75, 3.05) is 5.32 Å². The molecule has 3 aromatic heterocycles. The molecule has 0 unspecified atom stereocenters. The minimum absolute atomic E-state index is 0.234. The number of nitrogens with one attached hydrogen (secondary N) is 1. The van der Waals surface area contributed by atoms with Crippen LogP contribution in [-0.4, -0.2) is 14.4 Å². The molecule has 0 atom stereocenters. The van der Waals surface area contributed by atoms with Crippen LogP contribution in [0.15, 0.2) is 75.9 Å². The smallest absolute Gasteiger partial charge is 0.265 e. The van der Waals surface area contributed by atoms with E-state index in [1.54, 1.807) is 13.1 Å². The van der Waals surface area contributed by atoms with Crippen molar-refractivity contribution in [1.82, 2.24) is 14.4 Å². The maximum atomic E-state index is 13.4. The molecule has 0 aliphatic rings. The van der Waals surface area contributed by atoms with Crippen LogP contribution >= 0.6 is 0 Å². The largest absolute Gasteiger partial charge is 0.436 e. The molecule has 168 valence electrons. The zero-order valence-corrected chi connectivity index (χ0v) is 19.0. The number of hydrogen-bond donors (Lipinski definition) is 1. The second-order valence-corrected chi connectivity index (χ2v) is 8.45. The van der Waals surface area contributed by atoms with Crippen LogP contribution in [0.25, 0.3) is 45.4 Å². The number of hydrogen-bond acceptors (Lipinski definition) is 6. The maximum Gasteiger partial charge on any atom is 0.265 e. The van der Waals surface area contributed by atoms with Crippen LogP contribution < -0.4 is 16.1 Å². The van der Waals surface area contributed by atoms with E-state index in [0.29, 0.717) is 50.0 Å². The van der Waals surface area contributed by atoms with Crippen molar-refractivity contribution in [1.29, 1.82) is 5.26 Å². The second-order valence-electron chi connectivity index (χ2n) is 8.45. The van der Waals surface area contributed by atoms with Gasteiger partial charge >= 0.3 is 0 Å². The van der Waals surface area contributed by atoms with E-state index in [0.717, 1.165) is 11.3 Å². The van der Waals surface area contributed by atoms with Gasteiger partial charge in [0.05, 0.1) is 21.8 Å². The summed E-state index contributed by atoms with van der Waals surface area (Å²) in [4.78, 5) is 22.6. The first-order valence-electron chi connectivity index (χ1n) is 11.1. The third-order valence-electron chi connectivity index (χ3n) is 6.18. The number of nitriles is 1. The van der Waals surface area contributed by atoms with Gasteiger partial charge in [0, 0.05) is 17.5 Å². The molecule has 35 heavy (non-hydrogen) atoms. The number of nitrogens with zero attached hydrogens (tertiary/aromatic N) is 4. The van der Waals surface area contributed by atoms with Crippen molar-refractivity contribution in [3.8, 4) is 17.5 Å². The Hall–Kier alpha value is -4.96. The highest BCUT2D eigenvalue weighted by molar-refractivity contribution is 5.83. The summed E-state index contributed by atoms with van der Waals surface area (Å²) in [5.74, 6) is 0.551. The fourth-order valence-electron chi connectivity index (χ4n) is 4.28. The highest BCUT2D eigenvalue weighted by Crippen LogP contribution is 2.26. The van der Waals surface area contributed by atoms with Gasteiger partial charge in [0.1, 0.15) is 11.6 Å². The summed E-state index contributed by atoms with van der Waals surface area (Å²) >= 11 is 0. The summed E-state index contributed by atoms with van der Waals surface area (Å²) in [6.45, 7) is 3.80. The van der Waals surface area contributed by atoms with Gasteiger partial charge in [0.25, 0.3) is 5.56 Å². The maximum absolute atomic E-state index is 13.4. The molecule has 6 aromatic rings. The monoisotopic (exact) mass is 457 g/mol. The van der Waals surface area contributed by atoms with Crippen molar-refractivity contribution < 1.29 is 4.42 Å². The van der Waals surface area contributed by atoms with Crippen molar-refractivity contribution in [3.05, 3.63) is 99.0 Å². The van der Waals surface area contributed by atoms with E-state index in [2.05, 4.69) is 21.4 Å². The number of imidazole rings is 1. The zero-order chi connectivity index (χ0) is 24.1. The highest BCUT2D eigenvalue weighted by atomic mass is 16.3. The Morgan fingerprint density at radius 1 is 1.00 bits per heavy atom. The van der Waals surface area contributed by atoms with Crippen molar-refractivity contribution in [2.24, 2.45) is 0 Å². The van der Waals surface area contributed by atoms with Gasteiger partial charge in [0.15, 0.2) is 11.2 Å². The minimum Gasteiger partial charge on any atom is -0.436 e.